The predicted molar refractivity (Wildman–Crippen MR) is 114 cm³/mol. The summed E-state index contributed by atoms with van der Waals surface area (Å²) >= 11 is 2.98. The van der Waals surface area contributed by atoms with Gasteiger partial charge >= 0.3 is 0 Å². The van der Waals surface area contributed by atoms with Gasteiger partial charge in [-0.1, -0.05) is 12.1 Å². The monoisotopic (exact) mass is 428 g/mol. The third kappa shape index (κ3) is 4.78. The van der Waals surface area contributed by atoms with Crippen LogP contribution in [-0.2, 0) is 11.3 Å². The van der Waals surface area contributed by atoms with Gasteiger partial charge in [-0.2, -0.15) is 0 Å². The van der Waals surface area contributed by atoms with Gasteiger partial charge in [0.05, 0.1) is 11.4 Å². The summed E-state index contributed by atoms with van der Waals surface area (Å²) in [5.41, 5.74) is 0.747. The first kappa shape index (κ1) is 19.5. The lowest BCUT2D eigenvalue weighted by molar-refractivity contribution is -0.118. The Morgan fingerprint density at radius 3 is 2.55 bits per heavy atom. The molecule has 1 N–H and O–H groups in total. The number of nitrogens with zero attached hydrogens (tertiary/aromatic N) is 1. The molecular weight excluding hydrogens is 408 g/mol. The highest BCUT2D eigenvalue weighted by Crippen LogP contribution is 2.34. The van der Waals surface area contributed by atoms with E-state index in [1.165, 1.54) is 11.3 Å². The van der Waals surface area contributed by atoms with E-state index in [0.29, 0.717) is 36.1 Å². The maximum absolute atomic E-state index is 13.0. The van der Waals surface area contributed by atoms with Crippen molar-refractivity contribution in [3.8, 4) is 11.5 Å². The fraction of sp³-hybridized carbons (Fsp3) is 0.238. The summed E-state index contributed by atoms with van der Waals surface area (Å²) in [5.74, 6) is 1.11. The summed E-state index contributed by atoms with van der Waals surface area (Å²) in [6.45, 7) is 1.76. The molecule has 0 bridgehead atoms. The summed E-state index contributed by atoms with van der Waals surface area (Å²) in [5, 5.41) is 6.65. The lowest BCUT2D eigenvalue weighted by Gasteiger charge is -2.25. The van der Waals surface area contributed by atoms with Crippen LogP contribution in [0.2, 0.25) is 0 Å². The molecule has 0 fully saturated rings. The van der Waals surface area contributed by atoms with Gasteiger partial charge in [-0.05, 0) is 35.0 Å². The minimum Gasteiger partial charge on any atom is -0.486 e. The maximum Gasteiger partial charge on any atom is 0.261 e. The number of hydrogen-bond acceptors (Lipinski definition) is 6. The molecule has 1 aliphatic heterocycles. The van der Waals surface area contributed by atoms with Crippen molar-refractivity contribution >= 4 is 40.2 Å². The average Bonchev–Trinajstić information content (AvgIpc) is 3.45. The molecule has 0 atom stereocenters. The molecule has 1 aromatic carbocycles. The molecule has 2 amide bonds. The van der Waals surface area contributed by atoms with Gasteiger partial charge in [-0.3, -0.25) is 9.59 Å². The number of carbonyl (C=O) groups is 2. The summed E-state index contributed by atoms with van der Waals surface area (Å²) in [7, 11) is 0. The first-order valence-corrected chi connectivity index (χ1v) is 11.0. The van der Waals surface area contributed by atoms with Crippen molar-refractivity contribution in [3.05, 3.63) is 63.0 Å². The maximum atomic E-state index is 13.0. The second kappa shape index (κ2) is 9.11. The molecule has 3 aromatic rings. The van der Waals surface area contributed by atoms with Crippen molar-refractivity contribution in [1.29, 1.82) is 0 Å². The van der Waals surface area contributed by atoms with Crippen LogP contribution in [0.25, 0.3) is 0 Å². The molecule has 2 aromatic heterocycles. The van der Waals surface area contributed by atoms with E-state index in [2.05, 4.69) is 5.32 Å². The van der Waals surface area contributed by atoms with E-state index in [-0.39, 0.29) is 24.8 Å². The number of thiophene rings is 2. The Morgan fingerprint density at radius 2 is 1.79 bits per heavy atom. The Morgan fingerprint density at radius 1 is 1.00 bits per heavy atom. The van der Waals surface area contributed by atoms with Crippen LogP contribution in [0.4, 0.5) is 5.69 Å². The molecule has 8 heteroatoms. The van der Waals surface area contributed by atoms with Gasteiger partial charge in [0, 0.05) is 29.6 Å². The highest BCUT2D eigenvalue weighted by atomic mass is 32.1. The summed E-state index contributed by atoms with van der Waals surface area (Å²) < 4.78 is 11.2. The van der Waals surface area contributed by atoms with Gasteiger partial charge < -0.3 is 19.7 Å². The molecule has 3 heterocycles. The number of anilines is 1. The highest BCUT2D eigenvalue weighted by Gasteiger charge is 2.20. The van der Waals surface area contributed by atoms with Gasteiger partial charge in [-0.25, -0.2) is 0 Å². The highest BCUT2D eigenvalue weighted by molar-refractivity contribution is 7.12. The molecule has 6 nitrogen and oxygen atoms in total. The number of amides is 2. The summed E-state index contributed by atoms with van der Waals surface area (Å²) in [4.78, 5) is 28.5. The van der Waals surface area contributed by atoms with E-state index in [9.17, 15) is 9.59 Å². The average molecular weight is 429 g/mol. The first-order valence-electron chi connectivity index (χ1n) is 9.25. The number of ether oxygens (including phenoxy) is 2. The third-order valence-electron chi connectivity index (χ3n) is 4.40. The minimum atomic E-state index is -0.156. The zero-order valence-corrected chi connectivity index (χ0v) is 17.3. The Labute approximate surface area is 176 Å². The topological polar surface area (TPSA) is 67.9 Å². The first-order chi connectivity index (χ1) is 14.2. The van der Waals surface area contributed by atoms with Crippen LogP contribution in [0.1, 0.15) is 21.0 Å². The third-order valence-corrected chi connectivity index (χ3v) is 6.13. The van der Waals surface area contributed by atoms with Crippen molar-refractivity contribution in [1.82, 2.24) is 5.32 Å². The van der Waals surface area contributed by atoms with Gasteiger partial charge in [0.25, 0.3) is 5.91 Å². The van der Waals surface area contributed by atoms with E-state index in [0.717, 1.165) is 10.6 Å². The molecule has 0 aliphatic carbocycles. The van der Waals surface area contributed by atoms with Crippen molar-refractivity contribution in [2.24, 2.45) is 0 Å². The molecule has 0 unspecified atom stereocenters. The zero-order valence-electron chi connectivity index (χ0n) is 15.6. The van der Waals surface area contributed by atoms with Crippen molar-refractivity contribution < 1.29 is 19.1 Å². The number of nitrogens with one attached hydrogen (secondary N) is 1. The standard InChI is InChI=1S/C21H20N2O4S2/c24-20(7-8-22-21(25)19-4-2-12-29-19)23(14-16-3-1-11-28-16)15-5-6-17-18(13-15)27-10-9-26-17/h1-6,11-13H,7-10,14H2,(H,22,25). The molecule has 0 radical (unpaired) electrons. The molecule has 0 spiro atoms. The molecular formula is C21H20N2O4S2. The number of fused-ring (bicyclic) bond motifs is 1. The smallest absolute Gasteiger partial charge is 0.261 e. The van der Waals surface area contributed by atoms with Crippen LogP contribution in [0, 0.1) is 0 Å². The Kier molecular flexibility index (Phi) is 6.12. The van der Waals surface area contributed by atoms with Crippen LogP contribution in [0.15, 0.2) is 53.2 Å². The fourth-order valence-corrected chi connectivity index (χ4v) is 4.33. The minimum absolute atomic E-state index is 0.0680. The molecule has 150 valence electrons. The lowest BCUT2D eigenvalue weighted by atomic mass is 10.2. The van der Waals surface area contributed by atoms with E-state index >= 15 is 0 Å². The van der Waals surface area contributed by atoms with Crippen molar-refractivity contribution in [3.63, 3.8) is 0 Å². The number of carbonyl (C=O) groups excluding carboxylic acids is 2. The Hall–Kier alpha value is -2.84. The molecule has 0 saturated carbocycles. The van der Waals surface area contributed by atoms with Gasteiger partial charge in [-0.15, -0.1) is 22.7 Å². The second-order valence-corrected chi connectivity index (χ2v) is 8.35. The van der Waals surface area contributed by atoms with E-state index < -0.39 is 0 Å². The largest absolute Gasteiger partial charge is 0.486 e. The molecule has 4 rings (SSSR count). The fourth-order valence-electron chi connectivity index (χ4n) is 2.99. The Balaban J connectivity index is 1.46. The van der Waals surface area contributed by atoms with Crippen LogP contribution in [0.5, 0.6) is 11.5 Å². The number of hydrogen-bond donors (Lipinski definition) is 1. The second-order valence-electron chi connectivity index (χ2n) is 6.37. The molecule has 29 heavy (non-hydrogen) atoms. The summed E-state index contributed by atoms with van der Waals surface area (Å²) in [6, 6.07) is 13.1. The van der Waals surface area contributed by atoms with E-state index in [1.54, 1.807) is 22.3 Å². The normalized spacial score (nSPS) is 12.4. The molecule has 0 saturated heterocycles. The Bertz CT molecular complexity index is 971. The lowest BCUT2D eigenvalue weighted by Crippen LogP contribution is -2.34. The summed E-state index contributed by atoms with van der Waals surface area (Å²) in [6.07, 6.45) is 0.205. The number of benzene rings is 1. The van der Waals surface area contributed by atoms with Crippen LogP contribution < -0.4 is 19.7 Å². The van der Waals surface area contributed by atoms with E-state index in [4.69, 9.17) is 9.47 Å². The van der Waals surface area contributed by atoms with Crippen LogP contribution in [0.3, 0.4) is 0 Å². The van der Waals surface area contributed by atoms with Gasteiger partial charge in [0.1, 0.15) is 13.2 Å². The predicted octanol–water partition coefficient (Wildman–Crippen LogP) is 3.93. The zero-order chi connectivity index (χ0) is 20.1. The van der Waals surface area contributed by atoms with E-state index in [1.807, 2.05) is 47.2 Å². The van der Waals surface area contributed by atoms with Crippen LogP contribution >= 0.6 is 22.7 Å². The molecule has 1 aliphatic rings. The van der Waals surface area contributed by atoms with Crippen molar-refractivity contribution in [2.45, 2.75) is 13.0 Å². The van der Waals surface area contributed by atoms with Gasteiger partial charge in [0.15, 0.2) is 11.5 Å². The quantitative estimate of drug-likeness (QED) is 0.619. The van der Waals surface area contributed by atoms with Crippen LogP contribution in [-0.4, -0.2) is 31.6 Å². The SMILES string of the molecule is O=C(NCCC(=O)N(Cc1cccs1)c1ccc2c(c1)OCCO2)c1cccs1. The number of rotatable bonds is 7. The van der Waals surface area contributed by atoms with Gasteiger partial charge in [0.2, 0.25) is 5.91 Å². The van der Waals surface area contributed by atoms with Crippen molar-refractivity contribution in [2.75, 3.05) is 24.7 Å².